The first kappa shape index (κ1) is 11.5. The second-order valence-electron chi connectivity index (χ2n) is 3.35. The average molecular weight is 249 g/mol. The van der Waals surface area contributed by atoms with E-state index in [0.29, 0.717) is 16.4 Å². The standard InChI is InChI=1S/C11H9ClN4O/c1-7-4-9(12)8(5-15-7)11(17)16-10-6-13-2-3-14-10/h2-6H,1H3,(H,14,16,17). The SMILES string of the molecule is Cc1cc(Cl)c(C(=O)Nc2cnccn2)cn1. The highest BCUT2D eigenvalue weighted by Gasteiger charge is 2.11. The number of carbonyl (C=O) groups is 1. The molecule has 2 rings (SSSR count). The molecule has 0 aliphatic carbocycles. The van der Waals surface area contributed by atoms with Crippen LogP contribution in [0.25, 0.3) is 0 Å². The molecule has 0 fully saturated rings. The van der Waals surface area contributed by atoms with Crippen LogP contribution < -0.4 is 5.32 Å². The molecule has 2 aromatic heterocycles. The maximum Gasteiger partial charge on any atom is 0.259 e. The molecular weight excluding hydrogens is 240 g/mol. The number of aromatic nitrogens is 3. The van der Waals surface area contributed by atoms with E-state index in [4.69, 9.17) is 11.6 Å². The third-order valence-electron chi connectivity index (χ3n) is 2.04. The predicted octanol–water partition coefficient (Wildman–Crippen LogP) is 2.09. The van der Waals surface area contributed by atoms with Crippen molar-refractivity contribution in [1.82, 2.24) is 15.0 Å². The van der Waals surface area contributed by atoms with E-state index in [1.807, 2.05) is 0 Å². The lowest BCUT2D eigenvalue weighted by molar-refractivity contribution is 0.102. The predicted molar refractivity (Wildman–Crippen MR) is 64.0 cm³/mol. The Morgan fingerprint density at radius 1 is 1.29 bits per heavy atom. The van der Waals surface area contributed by atoms with Crippen molar-refractivity contribution in [2.45, 2.75) is 6.92 Å². The zero-order chi connectivity index (χ0) is 12.3. The molecule has 0 radical (unpaired) electrons. The van der Waals surface area contributed by atoms with Crippen molar-refractivity contribution in [2.24, 2.45) is 0 Å². The van der Waals surface area contributed by atoms with E-state index in [2.05, 4.69) is 20.3 Å². The molecule has 0 saturated carbocycles. The van der Waals surface area contributed by atoms with Gasteiger partial charge in [-0.25, -0.2) is 4.98 Å². The number of hydrogen-bond donors (Lipinski definition) is 1. The van der Waals surface area contributed by atoms with Gasteiger partial charge in [-0.3, -0.25) is 14.8 Å². The second kappa shape index (κ2) is 4.88. The van der Waals surface area contributed by atoms with Gasteiger partial charge >= 0.3 is 0 Å². The van der Waals surface area contributed by atoms with Crippen LogP contribution in [0.2, 0.25) is 5.02 Å². The van der Waals surface area contributed by atoms with Crippen LogP contribution in [0.3, 0.4) is 0 Å². The Morgan fingerprint density at radius 3 is 2.76 bits per heavy atom. The highest BCUT2D eigenvalue weighted by atomic mass is 35.5. The third kappa shape index (κ3) is 2.76. The van der Waals surface area contributed by atoms with Crippen LogP contribution in [0.5, 0.6) is 0 Å². The molecule has 17 heavy (non-hydrogen) atoms. The third-order valence-corrected chi connectivity index (χ3v) is 2.35. The first-order valence-electron chi connectivity index (χ1n) is 4.86. The summed E-state index contributed by atoms with van der Waals surface area (Å²) < 4.78 is 0. The molecule has 86 valence electrons. The van der Waals surface area contributed by atoms with E-state index in [1.165, 1.54) is 24.8 Å². The molecule has 2 heterocycles. The molecule has 0 aliphatic rings. The number of nitrogens with one attached hydrogen (secondary N) is 1. The summed E-state index contributed by atoms with van der Waals surface area (Å²) in [5.74, 6) is 0.0112. The number of amides is 1. The van der Waals surface area contributed by atoms with Gasteiger partial charge in [0.25, 0.3) is 5.91 Å². The molecule has 1 N–H and O–H groups in total. The first-order chi connectivity index (χ1) is 8.16. The first-order valence-corrected chi connectivity index (χ1v) is 5.24. The summed E-state index contributed by atoms with van der Waals surface area (Å²) in [6, 6.07) is 1.63. The minimum absolute atomic E-state index is 0.308. The molecule has 0 saturated heterocycles. The highest BCUT2D eigenvalue weighted by Crippen LogP contribution is 2.16. The molecule has 0 aliphatic heterocycles. The van der Waals surface area contributed by atoms with Crippen molar-refractivity contribution < 1.29 is 4.79 Å². The zero-order valence-electron chi connectivity index (χ0n) is 9.01. The van der Waals surface area contributed by atoms with Crippen molar-refractivity contribution in [1.29, 1.82) is 0 Å². The number of halogens is 1. The average Bonchev–Trinajstić information content (AvgIpc) is 2.30. The summed E-state index contributed by atoms with van der Waals surface area (Å²) in [4.78, 5) is 23.6. The number of rotatable bonds is 2. The smallest absolute Gasteiger partial charge is 0.259 e. The number of nitrogens with zero attached hydrogens (tertiary/aromatic N) is 3. The number of anilines is 1. The molecule has 0 aromatic carbocycles. The summed E-state index contributed by atoms with van der Waals surface area (Å²) in [5, 5.41) is 2.94. The Labute approximate surface area is 103 Å². The Hall–Kier alpha value is -2.01. The Morgan fingerprint density at radius 2 is 2.12 bits per heavy atom. The van der Waals surface area contributed by atoms with Crippen LogP contribution in [-0.2, 0) is 0 Å². The Kier molecular flexibility index (Phi) is 3.30. The summed E-state index contributed by atoms with van der Waals surface area (Å²) in [6.45, 7) is 1.80. The number of aryl methyl sites for hydroxylation is 1. The van der Waals surface area contributed by atoms with Crippen LogP contribution in [0.4, 0.5) is 5.82 Å². The topological polar surface area (TPSA) is 67.8 Å². The van der Waals surface area contributed by atoms with Gasteiger partial charge in [-0.1, -0.05) is 11.6 Å². The summed E-state index contributed by atoms with van der Waals surface area (Å²) >= 11 is 5.95. The maximum atomic E-state index is 11.8. The number of pyridine rings is 1. The molecule has 5 nitrogen and oxygen atoms in total. The Bertz CT molecular complexity index is 544. The normalized spacial score (nSPS) is 10.0. The largest absolute Gasteiger partial charge is 0.305 e. The van der Waals surface area contributed by atoms with Gasteiger partial charge in [0, 0.05) is 24.3 Å². The van der Waals surface area contributed by atoms with Crippen LogP contribution in [-0.4, -0.2) is 20.9 Å². The van der Waals surface area contributed by atoms with Gasteiger partial charge in [0.2, 0.25) is 0 Å². The minimum atomic E-state index is -0.358. The molecular formula is C11H9ClN4O. The van der Waals surface area contributed by atoms with Gasteiger partial charge in [-0.15, -0.1) is 0 Å². The quantitative estimate of drug-likeness (QED) is 0.884. The van der Waals surface area contributed by atoms with E-state index in [-0.39, 0.29) is 5.91 Å². The monoisotopic (exact) mass is 248 g/mol. The molecule has 6 heteroatoms. The van der Waals surface area contributed by atoms with Crippen molar-refractivity contribution in [2.75, 3.05) is 5.32 Å². The minimum Gasteiger partial charge on any atom is -0.305 e. The van der Waals surface area contributed by atoms with E-state index < -0.39 is 0 Å². The van der Waals surface area contributed by atoms with Crippen LogP contribution >= 0.6 is 11.6 Å². The lowest BCUT2D eigenvalue weighted by Gasteiger charge is -2.05. The molecule has 2 aromatic rings. The number of carbonyl (C=O) groups excluding carboxylic acids is 1. The van der Waals surface area contributed by atoms with Crippen LogP contribution in [0, 0.1) is 6.92 Å². The van der Waals surface area contributed by atoms with E-state index >= 15 is 0 Å². The van der Waals surface area contributed by atoms with Crippen molar-refractivity contribution in [3.63, 3.8) is 0 Å². The van der Waals surface area contributed by atoms with Gasteiger partial charge in [-0.05, 0) is 13.0 Å². The van der Waals surface area contributed by atoms with Gasteiger partial charge < -0.3 is 5.32 Å². The van der Waals surface area contributed by atoms with E-state index in [1.54, 1.807) is 13.0 Å². The summed E-state index contributed by atoms with van der Waals surface area (Å²) in [7, 11) is 0. The fraction of sp³-hybridized carbons (Fsp3) is 0.0909. The maximum absolute atomic E-state index is 11.8. The van der Waals surface area contributed by atoms with E-state index in [0.717, 1.165) is 5.69 Å². The molecule has 0 atom stereocenters. The zero-order valence-corrected chi connectivity index (χ0v) is 9.77. The molecule has 0 unspecified atom stereocenters. The molecule has 1 amide bonds. The van der Waals surface area contributed by atoms with Crippen molar-refractivity contribution >= 4 is 23.3 Å². The summed E-state index contributed by atoms with van der Waals surface area (Å²) in [6.07, 6.45) is 5.90. The van der Waals surface area contributed by atoms with Crippen LogP contribution in [0.1, 0.15) is 16.1 Å². The Balaban J connectivity index is 2.21. The van der Waals surface area contributed by atoms with E-state index in [9.17, 15) is 4.79 Å². The van der Waals surface area contributed by atoms with Gasteiger partial charge in [0.1, 0.15) is 0 Å². The molecule has 0 spiro atoms. The lowest BCUT2D eigenvalue weighted by atomic mass is 10.2. The van der Waals surface area contributed by atoms with Gasteiger partial charge in [0.05, 0.1) is 16.8 Å². The fourth-order valence-electron chi connectivity index (χ4n) is 1.24. The van der Waals surface area contributed by atoms with Gasteiger partial charge in [-0.2, -0.15) is 0 Å². The molecule has 0 bridgehead atoms. The van der Waals surface area contributed by atoms with Crippen molar-refractivity contribution in [3.8, 4) is 0 Å². The van der Waals surface area contributed by atoms with Crippen molar-refractivity contribution in [3.05, 3.63) is 47.1 Å². The number of hydrogen-bond acceptors (Lipinski definition) is 4. The second-order valence-corrected chi connectivity index (χ2v) is 3.76. The van der Waals surface area contributed by atoms with Gasteiger partial charge in [0.15, 0.2) is 5.82 Å². The summed E-state index contributed by atoms with van der Waals surface area (Å²) in [5.41, 5.74) is 1.06. The lowest BCUT2D eigenvalue weighted by Crippen LogP contribution is -2.14. The highest BCUT2D eigenvalue weighted by molar-refractivity contribution is 6.34. The fourth-order valence-corrected chi connectivity index (χ4v) is 1.53. The van der Waals surface area contributed by atoms with Crippen LogP contribution in [0.15, 0.2) is 30.9 Å².